The first-order chi connectivity index (χ1) is 9.10. The van der Waals surface area contributed by atoms with Gasteiger partial charge in [0.2, 0.25) is 0 Å². The van der Waals surface area contributed by atoms with Gasteiger partial charge in [-0.25, -0.2) is 0 Å². The van der Waals surface area contributed by atoms with E-state index >= 15 is 0 Å². The number of rotatable bonds is 8. The molecule has 0 aliphatic carbocycles. The van der Waals surface area contributed by atoms with E-state index in [1.807, 2.05) is 6.92 Å². The summed E-state index contributed by atoms with van der Waals surface area (Å²) < 4.78 is 9.86. The molecule has 0 amide bonds. The van der Waals surface area contributed by atoms with Gasteiger partial charge in [-0.15, -0.1) is 23.2 Å². The minimum absolute atomic E-state index is 0.0102. The summed E-state index contributed by atoms with van der Waals surface area (Å²) in [6, 6.07) is 0. The molecule has 0 aliphatic rings. The quantitative estimate of drug-likeness (QED) is 0.503. The molecule has 6 heteroatoms. The Hall–Kier alpha value is -0.480. The highest BCUT2D eigenvalue weighted by molar-refractivity contribution is 6.44. The van der Waals surface area contributed by atoms with Crippen molar-refractivity contribution in [2.75, 3.05) is 13.2 Å². The highest BCUT2D eigenvalue weighted by Crippen LogP contribution is 2.24. The van der Waals surface area contributed by atoms with E-state index in [-0.39, 0.29) is 24.9 Å². The predicted molar refractivity (Wildman–Crippen MR) is 79.9 cm³/mol. The molecule has 0 N–H and O–H groups in total. The van der Waals surface area contributed by atoms with Crippen molar-refractivity contribution in [2.24, 2.45) is 11.3 Å². The Balaban J connectivity index is 3.76. The summed E-state index contributed by atoms with van der Waals surface area (Å²) in [5.41, 5.74) is 0.204. The first-order valence-electron chi connectivity index (χ1n) is 6.69. The molecular formula is C14H24Cl2O4. The zero-order valence-corrected chi connectivity index (χ0v) is 14.1. The maximum Gasteiger partial charge on any atom is 0.306 e. The molecular weight excluding hydrogens is 303 g/mol. The van der Waals surface area contributed by atoms with Crippen molar-refractivity contribution in [3.8, 4) is 0 Å². The molecule has 0 saturated carbocycles. The molecule has 0 aromatic carbocycles. The monoisotopic (exact) mass is 326 g/mol. The van der Waals surface area contributed by atoms with Gasteiger partial charge >= 0.3 is 11.9 Å². The van der Waals surface area contributed by atoms with Crippen LogP contribution >= 0.6 is 23.2 Å². The van der Waals surface area contributed by atoms with Gasteiger partial charge in [0.05, 0.1) is 19.4 Å². The Morgan fingerprint density at radius 3 is 1.85 bits per heavy atom. The van der Waals surface area contributed by atoms with Crippen LogP contribution in [0, 0.1) is 11.3 Å². The molecule has 4 nitrogen and oxygen atoms in total. The SMILES string of the molecule is CC(COC(=O)CCC(=O)OCC(Cl)Cl)CC(C)(C)C. The van der Waals surface area contributed by atoms with Gasteiger partial charge in [0.1, 0.15) is 11.4 Å². The minimum atomic E-state index is -0.746. The van der Waals surface area contributed by atoms with Crippen LogP contribution in [0.3, 0.4) is 0 Å². The van der Waals surface area contributed by atoms with E-state index in [1.165, 1.54) is 0 Å². The van der Waals surface area contributed by atoms with Gasteiger partial charge in [0, 0.05) is 0 Å². The van der Waals surface area contributed by atoms with Crippen LogP contribution in [-0.2, 0) is 19.1 Å². The third-order valence-electron chi connectivity index (χ3n) is 2.39. The number of ether oxygens (including phenoxy) is 2. The summed E-state index contributed by atoms with van der Waals surface area (Å²) in [6.45, 7) is 8.76. The summed E-state index contributed by atoms with van der Waals surface area (Å²) in [6.07, 6.45) is 0.957. The van der Waals surface area contributed by atoms with Crippen molar-refractivity contribution < 1.29 is 19.1 Å². The molecule has 0 spiro atoms. The Morgan fingerprint density at radius 2 is 1.45 bits per heavy atom. The molecule has 118 valence electrons. The second-order valence-electron chi connectivity index (χ2n) is 6.13. The highest BCUT2D eigenvalue weighted by atomic mass is 35.5. The molecule has 20 heavy (non-hydrogen) atoms. The van der Waals surface area contributed by atoms with Gasteiger partial charge in [-0.3, -0.25) is 9.59 Å². The van der Waals surface area contributed by atoms with Gasteiger partial charge in [0.15, 0.2) is 0 Å². The Bertz CT molecular complexity index is 311. The number of halogens is 2. The van der Waals surface area contributed by atoms with E-state index in [1.54, 1.807) is 0 Å². The van der Waals surface area contributed by atoms with Crippen molar-refractivity contribution >= 4 is 35.1 Å². The second kappa shape index (κ2) is 9.46. The van der Waals surface area contributed by atoms with E-state index in [0.29, 0.717) is 12.5 Å². The molecule has 0 aromatic heterocycles. The van der Waals surface area contributed by atoms with E-state index < -0.39 is 16.8 Å². The van der Waals surface area contributed by atoms with Crippen LogP contribution in [0.15, 0.2) is 0 Å². The van der Waals surface area contributed by atoms with Crippen molar-refractivity contribution in [2.45, 2.75) is 51.8 Å². The Morgan fingerprint density at radius 1 is 1.00 bits per heavy atom. The lowest BCUT2D eigenvalue weighted by Gasteiger charge is -2.22. The standard InChI is InChI=1S/C14H24Cl2O4/c1-10(7-14(2,3)4)8-19-12(17)5-6-13(18)20-9-11(15)16/h10-11H,5-9H2,1-4H3. The van der Waals surface area contributed by atoms with Crippen LogP contribution in [0.2, 0.25) is 0 Å². The number of hydrogen-bond acceptors (Lipinski definition) is 4. The average molecular weight is 327 g/mol. The molecule has 0 aliphatic heterocycles. The second-order valence-corrected chi connectivity index (χ2v) is 7.40. The van der Waals surface area contributed by atoms with Gasteiger partial charge in [-0.05, 0) is 17.8 Å². The van der Waals surface area contributed by atoms with Crippen LogP contribution in [0.5, 0.6) is 0 Å². The number of hydrogen-bond donors (Lipinski definition) is 0. The molecule has 0 saturated heterocycles. The lowest BCUT2D eigenvalue weighted by molar-refractivity contribution is -0.151. The Kier molecular flexibility index (Phi) is 9.23. The van der Waals surface area contributed by atoms with Crippen molar-refractivity contribution in [1.82, 2.24) is 0 Å². The molecule has 0 radical (unpaired) electrons. The van der Waals surface area contributed by atoms with Crippen LogP contribution in [0.1, 0.15) is 47.0 Å². The largest absolute Gasteiger partial charge is 0.465 e. The van der Waals surface area contributed by atoms with Crippen LogP contribution in [0.25, 0.3) is 0 Å². The maximum absolute atomic E-state index is 11.5. The van der Waals surface area contributed by atoms with Gasteiger partial charge in [-0.1, -0.05) is 27.7 Å². The van der Waals surface area contributed by atoms with E-state index in [0.717, 1.165) is 6.42 Å². The predicted octanol–water partition coefficient (Wildman–Crippen LogP) is 3.73. The van der Waals surface area contributed by atoms with Gasteiger partial charge < -0.3 is 9.47 Å². The maximum atomic E-state index is 11.5. The molecule has 0 bridgehead atoms. The highest BCUT2D eigenvalue weighted by Gasteiger charge is 2.17. The normalized spacial score (nSPS) is 13.2. The summed E-state index contributed by atoms with van der Waals surface area (Å²) in [4.78, 5) is 22.0. The molecule has 0 heterocycles. The van der Waals surface area contributed by atoms with Crippen LogP contribution in [-0.4, -0.2) is 30.0 Å². The zero-order chi connectivity index (χ0) is 15.8. The molecule has 1 unspecified atom stereocenters. The van der Waals surface area contributed by atoms with Gasteiger partial charge in [0.25, 0.3) is 0 Å². The van der Waals surface area contributed by atoms with Crippen molar-refractivity contribution in [1.29, 1.82) is 0 Å². The molecule has 0 fully saturated rings. The molecule has 1 atom stereocenters. The first-order valence-corrected chi connectivity index (χ1v) is 7.57. The number of carbonyl (C=O) groups excluding carboxylic acids is 2. The fourth-order valence-corrected chi connectivity index (χ4v) is 1.97. The fourth-order valence-electron chi connectivity index (χ4n) is 1.84. The zero-order valence-electron chi connectivity index (χ0n) is 12.6. The fraction of sp³-hybridized carbons (Fsp3) is 0.857. The van der Waals surface area contributed by atoms with Crippen molar-refractivity contribution in [3.63, 3.8) is 0 Å². The van der Waals surface area contributed by atoms with E-state index in [4.69, 9.17) is 32.7 Å². The third kappa shape index (κ3) is 12.5. The summed E-state index contributed by atoms with van der Waals surface area (Å²) in [5, 5.41) is 0. The summed E-state index contributed by atoms with van der Waals surface area (Å²) in [7, 11) is 0. The lowest BCUT2D eigenvalue weighted by atomic mass is 9.86. The van der Waals surface area contributed by atoms with Gasteiger partial charge in [-0.2, -0.15) is 0 Å². The molecule has 0 aromatic rings. The van der Waals surface area contributed by atoms with Crippen LogP contribution < -0.4 is 0 Å². The first kappa shape index (κ1) is 19.5. The smallest absolute Gasteiger partial charge is 0.306 e. The van der Waals surface area contributed by atoms with E-state index in [2.05, 4.69) is 20.8 Å². The van der Waals surface area contributed by atoms with E-state index in [9.17, 15) is 9.59 Å². The third-order valence-corrected chi connectivity index (χ3v) is 2.65. The molecule has 0 rings (SSSR count). The number of carbonyl (C=O) groups is 2. The van der Waals surface area contributed by atoms with Crippen molar-refractivity contribution in [3.05, 3.63) is 0 Å². The number of esters is 2. The van der Waals surface area contributed by atoms with Crippen LogP contribution in [0.4, 0.5) is 0 Å². The summed E-state index contributed by atoms with van der Waals surface area (Å²) in [5.74, 6) is -0.605. The Labute approximate surface area is 131 Å². The lowest BCUT2D eigenvalue weighted by Crippen LogP contribution is -2.18. The minimum Gasteiger partial charge on any atom is -0.465 e. The topological polar surface area (TPSA) is 52.6 Å². The summed E-state index contributed by atoms with van der Waals surface area (Å²) >= 11 is 10.8. The number of alkyl halides is 2. The average Bonchev–Trinajstić information content (AvgIpc) is 2.29.